The van der Waals surface area contributed by atoms with Crippen LogP contribution in [0.2, 0.25) is 0 Å². The molecule has 0 aromatic heterocycles. The summed E-state index contributed by atoms with van der Waals surface area (Å²) < 4.78 is 11.4. The van der Waals surface area contributed by atoms with Crippen LogP contribution in [0.1, 0.15) is 40.0 Å². The van der Waals surface area contributed by atoms with Crippen molar-refractivity contribution in [2.75, 3.05) is 13.2 Å². The average Bonchev–Trinajstić information content (AvgIpc) is 3.37. The largest absolute Gasteiger partial charge is 0.465 e. The molecule has 5 aliphatic rings. The Morgan fingerprint density at radius 3 is 2.54 bits per heavy atom. The van der Waals surface area contributed by atoms with Gasteiger partial charge in [-0.15, -0.1) is 0 Å². The van der Waals surface area contributed by atoms with Crippen molar-refractivity contribution >= 4 is 11.9 Å². The van der Waals surface area contributed by atoms with Crippen LogP contribution < -0.4 is 0 Å². The Morgan fingerprint density at radius 2 is 1.85 bits per heavy atom. The molecular weight excluding hydrogens is 332 g/mol. The van der Waals surface area contributed by atoms with Crippen LogP contribution in [0.5, 0.6) is 0 Å². The SMILES string of the molecule is CCC(C)(C)C(=O)OC1C(CO)C2CC1C1C3CC(C4COC(=O)C43)C21. The number of esters is 2. The normalized spacial score (nSPS) is 50.7. The van der Waals surface area contributed by atoms with Gasteiger partial charge >= 0.3 is 11.9 Å². The lowest BCUT2D eigenvalue weighted by molar-refractivity contribution is -0.172. The van der Waals surface area contributed by atoms with E-state index in [0.717, 1.165) is 19.3 Å². The van der Waals surface area contributed by atoms with Crippen molar-refractivity contribution in [3.8, 4) is 0 Å². The van der Waals surface area contributed by atoms with Crippen molar-refractivity contribution in [1.29, 1.82) is 0 Å². The van der Waals surface area contributed by atoms with Gasteiger partial charge in [-0.1, -0.05) is 6.92 Å². The van der Waals surface area contributed by atoms with Gasteiger partial charge in [-0.05, 0) is 62.7 Å². The third kappa shape index (κ3) is 1.96. The average molecular weight is 362 g/mol. The number of hydrogen-bond acceptors (Lipinski definition) is 5. The molecule has 5 heteroatoms. The van der Waals surface area contributed by atoms with E-state index in [4.69, 9.17) is 9.47 Å². The highest BCUT2D eigenvalue weighted by Crippen LogP contribution is 2.72. The van der Waals surface area contributed by atoms with Gasteiger partial charge in [-0.2, -0.15) is 0 Å². The second kappa shape index (κ2) is 5.46. The van der Waals surface area contributed by atoms with E-state index in [-0.39, 0.29) is 36.5 Å². The molecule has 144 valence electrons. The number of ether oxygens (including phenoxy) is 2. The van der Waals surface area contributed by atoms with Crippen LogP contribution in [0.3, 0.4) is 0 Å². The molecule has 1 saturated heterocycles. The van der Waals surface area contributed by atoms with E-state index in [2.05, 4.69) is 0 Å². The van der Waals surface area contributed by atoms with Crippen molar-refractivity contribution in [1.82, 2.24) is 0 Å². The van der Waals surface area contributed by atoms with E-state index in [0.29, 0.717) is 48.0 Å². The molecule has 10 atom stereocenters. The first-order chi connectivity index (χ1) is 12.4. The van der Waals surface area contributed by atoms with Crippen LogP contribution in [0.25, 0.3) is 0 Å². The fourth-order valence-corrected chi connectivity index (χ4v) is 7.53. The van der Waals surface area contributed by atoms with Gasteiger partial charge in [0.15, 0.2) is 0 Å². The number of hydrogen-bond donors (Lipinski definition) is 1. The number of fused-ring (bicyclic) bond motifs is 12. The molecule has 4 saturated carbocycles. The summed E-state index contributed by atoms with van der Waals surface area (Å²) in [4.78, 5) is 24.9. The third-order valence-corrected chi connectivity index (χ3v) is 8.96. The molecule has 0 aromatic carbocycles. The summed E-state index contributed by atoms with van der Waals surface area (Å²) in [5, 5.41) is 10.1. The first-order valence-corrected chi connectivity index (χ1v) is 10.4. The van der Waals surface area contributed by atoms with Crippen molar-refractivity contribution < 1.29 is 24.2 Å². The molecule has 5 rings (SSSR count). The minimum atomic E-state index is -0.490. The van der Waals surface area contributed by atoms with E-state index in [9.17, 15) is 14.7 Å². The first kappa shape index (κ1) is 17.0. The smallest absolute Gasteiger partial charge is 0.311 e. The van der Waals surface area contributed by atoms with Gasteiger partial charge in [0.25, 0.3) is 0 Å². The van der Waals surface area contributed by atoms with Crippen molar-refractivity contribution in [3.63, 3.8) is 0 Å². The Labute approximate surface area is 154 Å². The summed E-state index contributed by atoms with van der Waals surface area (Å²) in [7, 11) is 0. The van der Waals surface area contributed by atoms with E-state index in [1.165, 1.54) is 0 Å². The predicted octanol–water partition coefficient (Wildman–Crippen LogP) is 2.26. The number of carbonyl (C=O) groups excluding carboxylic acids is 2. The molecule has 0 amide bonds. The standard InChI is InChI=1S/C21H30O5/c1-4-21(2,3)20(24)26-18-12-6-9(13(18)7-22)15-10-5-11(16(12)15)17-14(10)8-25-19(17)23/h9-18,22H,4-8H2,1-3H3. The Kier molecular flexibility index (Phi) is 3.58. The summed E-state index contributed by atoms with van der Waals surface area (Å²) in [6.07, 6.45) is 2.74. The maximum Gasteiger partial charge on any atom is 0.311 e. The van der Waals surface area contributed by atoms with Gasteiger partial charge < -0.3 is 14.6 Å². The lowest BCUT2D eigenvalue weighted by Crippen LogP contribution is -2.49. The van der Waals surface area contributed by atoms with Gasteiger partial charge in [0.05, 0.1) is 17.9 Å². The minimum Gasteiger partial charge on any atom is -0.465 e. The summed E-state index contributed by atoms with van der Waals surface area (Å²) in [5.74, 6) is 3.17. The molecule has 4 aliphatic carbocycles. The van der Waals surface area contributed by atoms with Gasteiger partial charge in [0.1, 0.15) is 6.10 Å². The number of aliphatic hydroxyl groups is 1. The van der Waals surface area contributed by atoms with Crippen molar-refractivity contribution in [2.24, 2.45) is 58.7 Å². The summed E-state index contributed by atoms with van der Waals surface area (Å²) in [6.45, 7) is 6.54. The van der Waals surface area contributed by atoms with Crippen LogP contribution in [0, 0.1) is 58.7 Å². The number of cyclic esters (lactones) is 1. The summed E-state index contributed by atoms with van der Waals surface area (Å²) >= 11 is 0. The monoisotopic (exact) mass is 362 g/mol. The molecule has 1 N–H and O–H groups in total. The van der Waals surface area contributed by atoms with Crippen LogP contribution in [-0.2, 0) is 19.1 Å². The Bertz CT molecular complexity index is 642. The highest BCUT2D eigenvalue weighted by molar-refractivity contribution is 5.77. The summed E-state index contributed by atoms with van der Waals surface area (Å²) in [6, 6.07) is 0. The zero-order valence-corrected chi connectivity index (χ0v) is 15.9. The van der Waals surface area contributed by atoms with E-state index < -0.39 is 5.41 Å². The van der Waals surface area contributed by atoms with Crippen molar-refractivity contribution in [2.45, 2.75) is 46.1 Å². The van der Waals surface area contributed by atoms with Gasteiger partial charge in [-0.3, -0.25) is 9.59 Å². The van der Waals surface area contributed by atoms with Crippen LogP contribution >= 0.6 is 0 Å². The molecule has 10 unspecified atom stereocenters. The molecule has 1 heterocycles. The second-order valence-electron chi connectivity index (χ2n) is 10.1. The van der Waals surface area contributed by atoms with Gasteiger partial charge in [0, 0.05) is 24.4 Å². The number of carbonyl (C=O) groups is 2. The molecule has 0 radical (unpaired) electrons. The predicted molar refractivity (Wildman–Crippen MR) is 92.6 cm³/mol. The van der Waals surface area contributed by atoms with E-state index >= 15 is 0 Å². The number of rotatable bonds is 4. The molecule has 26 heavy (non-hydrogen) atoms. The quantitative estimate of drug-likeness (QED) is 0.613. The molecule has 4 bridgehead atoms. The molecule has 5 fully saturated rings. The zero-order chi connectivity index (χ0) is 18.4. The maximum atomic E-state index is 12.7. The van der Waals surface area contributed by atoms with Crippen molar-refractivity contribution in [3.05, 3.63) is 0 Å². The van der Waals surface area contributed by atoms with Gasteiger partial charge in [-0.25, -0.2) is 0 Å². The molecule has 0 spiro atoms. The highest BCUT2D eigenvalue weighted by atomic mass is 16.5. The molecule has 1 aliphatic heterocycles. The fraction of sp³-hybridized carbons (Fsp3) is 0.905. The lowest BCUT2D eigenvalue weighted by atomic mass is 9.61. The van der Waals surface area contributed by atoms with Crippen LogP contribution in [-0.4, -0.2) is 36.4 Å². The summed E-state index contributed by atoms with van der Waals surface area (Å²) in [5.41, 5.74) is -0.490. The highest BCUT2D eigenvalue weighted by Gasteiger charge is 2.72. The first-order valence-electron chi connectivity index (χ1n) is 10.4. The number of aliphatic hydroxyl groups excluding tert-OH is 1. The molecular formula is C21H30O5. The van der Waals surface area contributed by atoms with E-state index in [1.807, 2.05) is 20.8 Å². The third-order valence-electron chi connectivity index (χ3n) is 8.96. The zero-order valence-electron chi connectivity index (χ0n) is 15.9. The fourth-order valence-electron chi connectivity index (χ4n) is 7.53. The molecule has 0 aromatic rings. The van der Waals surface area contributed by atoms with Crippen LogP contribution in [0.15, 0.2) is 0 Å². The van der Waals surface area contributed by atoms with Gasteiger partial charge in [0.2, 0.25) is 0 Å². The topological polar surface area (TPSA) is 72.8 Å². The Balaban J connectivity index is 1.42. The molecule has 5 nitrogen and oxygen atoms in total. The van der Waals surface area contributed by atoms with Crippen LogP contribution in [0.4, 0.5) is 0 Å². The Hall–Kier alpha value is -1.10. The maximum absolute atomic E-state index is 12.7. The Morgan fingerprint density at radius 1 is 1.15 bits per heavy atom. The minimum absolute atomic E-state index is 0.00286. The second-order valence-corrected chi connectivity index (χ2v) is 10.1. The van der Waals surface area contributed by atoms with E-state index in [1.54, 1.807) is 0 Å². The lowest BCUT2D eigenvalue weighted by Gasteiger charge is -2.45.